The van der Waals surface area contributed by atoms with Crippen LogP contribution in [0.15, 0.2) is 60.7 Å². The summed E-state index contributed by atoms with van der Waals surface area (Å²) in [6.07, 6.45) is 4.84. The van der Waals surface area contributed by atoms with E-state index >= 15 is 0 Å². The van der Waals surface area contributed by atoms with Crippen LogP contribution in [0.3, 0.4) is 0 Å². The highest BCUT2D eigenvalue weighted by Gasteiger charge is 2.24. The van der Waals surface area contributed by atoms with Crippen molar-refractivity contribution in [3.63, 3.8) is 0 Å². The average molecular weight is 415 g/mol. The van der Waals surface area contributed by atoms with Crippen LogP contribution in [-0.4, -0.2) is 0 Å². The first-order valence-electron chi connectivity index (χ1n) is 11.5. The first kappa shape index (κ1) is 20.5. The largest absolute Gasteiger partial charge is 0.0610 e. The predicted octanol–water partition coefficient (Wildman–Crippen LogP) is 8.79. The van der Waals surface area contributed by atoms with Crippen LogP contribution in [-0.2, 0) is 0 Å². The fourth-order valence-corrected chi connectivity index (χ4v) is 5.52. The van der Waals surface area contributed by atoms with Crippen LogP contribution in [0.5, 0.6) is 0 Å². The Balaban J connectivity index is 1.84. The van der Waals surface area contributed by atoms with Crippen molar-refractivity contribution in [2.75, 3.05) is 0 Å². The van der Waals surface area contributed by atoms with E-state index < -0.39 is 0 Å². The summed E-state index contributed by atoms with van der Waals surface area (Å²) in [6, 6.07) is 22.6. The molecule has 1 aliphatic rings. The number of hydrogen-bond acceptors (Lipinski definition) is 0. The van der Waals surface area contributed by atoms with Crippen molar-refractivity contribution < 1.29 is 0 Å². The van der Waals surface area contributed by atoms with Crippen LogP contribution < -0.4 is 0 Å². The third kappa shape index (κ3) is 3.31. The van der Waals surface area contributed by atoms with Gasteiger partial charge in [0.2, 0.25) is 0 Å². The number of rotatable bonds is 2. The molecule has 0 atom stereocenters. The van der Waals surface area contributed by atoms with Gasteiger partial charge >= 0.3 is 0 Å². The number of hydrogen-bond donors (Lipinski definition) is 0. The fraction of sp³-hybridized carbons (Fsp3) is 0.188. The summed E-state index contributed by atoms with van der Waals surface area (Å²) in [7, 11) is 0. The highest BCUT2D eigenvalue weighted by molar-refractivity contribution is 6.28. The van der Waals surface area contributed by atoms with Gasteiger partial charge in [0.15, 0.2) is 0 Å². The molecule has 0 unspecified atom stereocenters. The molecule has 0 heterocycles. The van der Waals surface area contributed by atoms with Gasteiger partial charge in [0.1, 0.15) is 0 Å². The Labute approximate surface area is 191 Å². The molecule has 4 aromatic rings. The summed E-state index contributed by atoms with van der Waals surface area (Å²) >= 11 is 0. The van der Waals surface area contributed by atoms with Gasteiger partial charge in [0, 0.05) is 0 Å². The molecule has 0 amide bonds. The van der Waals surface area contributed by atoms with Crippen molar-refractivity contribution in [1.82, 2.24) is 0 Å². The van der Waals surface area contributed by atoms with E-state index in [0.717, 1.165) is 0 Å². The van der Waals surface area contributed by atoms with Crippen LogP contribution in [0.25, 0.3) is 34.1 Å². The van der Waals surface area contributed by atoms with Crippen molar-refractivity contribution in [2.45, 2.75) is 41.5 Å². The molecule has 32 heavy (non-hydrogen) atoms. The van der Waals surface area contributed by atoms with E-state index in [4.69, 9.17) is 0 Å². The van der Waals surface area contributed by atoms with Crippen LogP contribution in [0.2, 0.25) is 0 Å². The monoisotopic (exact) mass is 414 g/mol. The SMILES string of the molecule is Cc1cc(C)c(C=C2C(=Cc3c(C)cc(C)cc3C)c3cccc4cccc2c34)c(C)c1. The highest BCUT2D eigenvalue weighted by atomic mass is 14.3. The lowest BCUT2D eigenvalue weighted by atomic mass is 9.91. The molecule has 4 aromatic carbocycles. The maximum Gasteiger partial charge on any atom is -0.00264 e. The number of allylic oxidation sites excluding steroid dienone is 2. The minimum Gasteiger partial charge on any atom is -0.0610 e. The minimum absolute atomic E-state index is 1.31. The van der Waals surface area contributed by atoms with Gasteiger partial charge in [-0.1, -0.05) is 71.8 Å². The Morgan fingerprint density at radius 3 is 1.25 bits per heavy atom. The van der Waals surface area contributed by atoms with Crippen molar-refractivity contribution in [3.05, 3.63) is 116 Å². The Morgan fingerprint density at radius 2 is 0.875 bits per heavy atom. The van der Waals surface area contributed by atoms with Crippen LogP contribution in [0.4, 0.5) is 0 Å². The van der Waals surface area contributed by atoms with E-state index in [0.29, 0.717) is 0 Å². The molecule has 0 N–H and O–H groups in total. The molecule has 0 saturated carbocycles. The standard InChI is InChI=1S/C32H30/c1-19-13-21(3)28(22(4)14-19)17-30-26-11-7-9-25-10-8-12-27(32(25)26)31(30)18-29-23(5)15-20(2)16-24(29)6/h7-18H,1-6H3. The Morgan fingerprint density at radius 1 is 0.500 bits per heavy atom. The minimum atomic E-state index is 1.31. The summed E-state index contributed by atoms with van der Waals surface area (Å²) < 4.78 is 0. The second-order valence-electron chi connectivity index (χ2n) is 9.45. The van der Waals surface area contributed by atoms with Gasteiger partial charge < -0.3 is 0 Å². The molecule has 1 aliphatic carbocycles. The lowest BCUT2D eigenvalue weighted by Crippen LogP contribution is -1.92. The molecule has 0 saturated heterocycles. The van der Waals surface area contributed by atoms with E-state index in [1.54, 1.807) is 0 Å². The third-order valence-corrected chi connectivity index (χ3v) is 6.83. The molecular formula is C32H30. The summed E-state index contributed by atoms with van der Waals surface area (Å²) in [5.41, 5.74) is 16.0. The molecule has 0 heteroatoms. The molecule has 158 valence electrons. The van der Waals surface area contributed by atoms with E-state index in [1.807, 2.05) is 0 Å². The summed E-state index contributed by atoms with van der Waals surface area (Å²) in [4.78, 5) is 0. The molecule has 0 fully saturated rings. The maximum absolute atomic E-state index is 2.42. The molecule has 5 rings (SSSR count). The Hall–Kier alpha value is -3.38. The van der Waals surface area contributed by atoms with Gasteiger partial charge in [0.25, 0.3) is 0 Å². The van der Waals surface area contributed by atoms with E-state index in [9.17, 15) is 0 Å². The van der Waals surface area contributed by atoms with Crippen molar-refractivity contribution >= 4 is 34.1 Å². The van der Waals surface area contributed by atoms with E-state index in [-0.39, 0.29) is 0 Å². The van der Waals surface area contributed by atoms with Gasteiger partial charge in [-0.25, -0.2) is 0 Å². The molecule has 0 radical (unpaired) electrons. The first-order chi connectivity index (χ1) is 15.3. The summed E-state index contributed by atoms with van der Waals surface area (Å²) in [5, 5.41) is 2.68. The molecular weight excluding hydrogens is 384 g/mol. The van der Waals surface area contributed by atoms with Gasteiger partial charge in [-0.2, -0.15) is 0 Å². The Kier molecular flexibility index (Phi) is 4.90. The fourth-order valence-electron chi connectivity index (χ4n) is 5.52. The lowest BCUT2D eigenvalue weighted by molar-refractivity contribution is 1.30. The average Bonchev–Trinajstić information content (AvgIpc) is 3.02. The van der Waals surface area contributed by atoms with Crippen molar-refractivity contribution in [3.8, 4) is 0 Å². The van der Waals surface area contributed by atoms with Crippen molar-refractivity contribution in [2.24, 2.45) is 0 Å². The molecule has 0 aliphatic heterocycles. The third-order valence-electron chi connectivity index (χ3n) is 6.83. The topological polar surface area (TPSA) is 0 Å². The van der Waals surface area contributed by atoms with Crippen LogP contribution >= 0.6 is 0 Å². The lowest BCUT2D eigenvalue weighted by Gasteiger charge is -2.13. The first-order valence-corrected chi connectivity index (χ1v) is 11.5. The molecule has 0 aromatic heterocycles. The van der Waals surface area contributed by atoms with Gasteiger partial charge in [-0.05, 0) is 120 Å². The van der Waals surface area contributed by atoms with Crippen LogP contribution in [0.1, 0.15) is 55.6 Å². The normalized spacial score (nSPS) is 15.3. The molecule has 0 spiro atoms. The number of benzene rings is 4. The van der Waals surface area contributed by atoms with Crippen molar-refractivity contribution in [1.29, 1.82) is 0 Å². The quantitative estimate of drug-likeness (QED) is 0.307. The second-order valence-corrected chi connectivity index (χ2v) is 9.45. The van der Waals surface area contributed by atoms with E-state index in [1.165, 1.54) is 77.6 Å². The molecule has 0 nitrogen and oxygen atoms in total. The van der Waals surface area contributed by atoms with Crippen LogP contribution in [0, 0.1) is 41.5 Å². The van der Waals surface area contributed by atoms with Gasteiger partial charge in [-0.3, -0.25) is 0 Å². The number of aryl methyl sites for hydroxylation is 6. The highest BCUT2D eigenvalue weighted by Crippen LogP contribution is 2.48. The zero-order chi connectivity index (χ0) is 22.6. The Bertz CT molecular complexity index is 1300. The summed E-state index contributed by atoms with van der Waals surface area (Å²) in [5.74, 6) is 0. The van der Waals surface area contributed by atoms with E-state index in [2.05, 4.69) is 114 Å². The summed E-state index contributed by atoms with van der Waals surface area (Å²) in [6.45, 7) is 13.3. The predicted molar refractivity (Wildman–Crippen MR) is 141 cm³/mol. The maximum atomic E-state index is 2.42. The molecule has 0 bridgehead atoms. The smallest absolute Gasteiger partial charge is 0.00264 e. The zero-order valence-electron chi connectivity index (χ0n) is 19.9. The zero-order valence-corrected chi connectivity index (χ0v) is 19.9. The van der Waals surface area contributed by atoms with Gasteiger partial charge in [0.05, 0.1) is 0 Å². The van der Waals surface area contributed by atoms with Gasteiger partial charge in [-0.15, -0.1) is 0 Å². The second kappa shape index (κ2) is 7.64.